The van der Waals surface area contributed by atoms with Crippen LogP contribution in [0.3, 0.4) is 0 Å². The summed E-state index contributed by atoms with van der Waals surface area (Å²) in [5.41, 5.74) is 3.25. The molecule has 6 rings (SSSR count). The summed E-state index contributed by atoms with van der Waals surface area (Å²) >= 11 is 0. The number of nitrogens with zero attached hydrogens (tertiary/aromatic N) is 6. The number of urea groups is 1. The van der Waals surface area contributed by atoms with Crippen LogP contribution in [0.2, 0.25) is 0 Å². The number of likely N-dealkylation sites (tertiary alicyclic amines) is 1. The Balaban J connectivity index is 1.20. The minimum Gasteiger partial charge on any atom is -0.494 e. The highest BCUT2D eigenvalue weighted by Crippen LogP contribution is 2.33. The highest BCUT2D eigenvalue weighted by molar-refractivity contribution is 5.91. The summed E-state index contributed by atoms with van der Waals surface area (Å²) in [4.78, 5) is 39.3. The minimum absolute atomic E-state index is 0.0933. The minimum atomic E-state index is -0.339. The maximum Gasteiger partial charge on any atom is 0.322 e. The van der Waals surface area contributed by atoms with Gasteiger partial charge in [-0.2, -0.15) is 4.98 Å². The number of amides is 2. The van der Waals surface area contributed by atoms with E-state index in [0.717, 1.165) is 18.4 Å². The molecule has 1 aliphatic heterocycles. The summed E-state index contributed by atoms with van der Waals surface area (Å²) in [6, 6.07) is 12.0. The van der Waals surface area contributed by atoms with E-state index >= 15 is 0 Å². The van der Waals surface area contributed by atoms with E-state index in [4.69, 9.17) is 14.1 Å². The number of nitroso groups, excluding NO2 is 1. The predicted molar refractivity (Wildman–Crippen MR) is 150 cm³/mol. The Hall–Kier alpha value is -5.33. The van der Waals surface area contributed by atoms with Gasteiger partial charge in [-0.25, -0.2) is 19.2 Å². The van der Waals surface area contributed by atoms with Crippen molar-refractivity contribution in [3.05, 3.63) is 77.9 Å². The summed E-state index contributed by atoms with van der Waals surface area (Å²) in [7, 11) is 1.46. The first-order valence-corrected chi connectivity index (χ1v) is 12.9. The fourth-order valence-electron chi connectivity index (χ4n) is 4.90. The maximum atomic E-state index is 13.6. The second-order valence-electron chi connectivity index (χ2n) is 9.47. The number of halogens is 1. The Morgan fingerprint density at radius 1 is 1.17 bits per heavy atom. The summed E-state index contributed by atoms with van der Waals surface area (Å²) in [5, 5.41) is 9.11. The highest BCUT2D eigenvalue weighted by Gasteiger charge is 2.26. The lowest BCUT2D eigenvalue weighted by atomic mass is 10.1. The molecule has 3 aromatic heterocycles. The Bertz CT molecular complexity index is 1720. The number of oxazole rings is 1. The molecule has 1 saturated heterocycles. The zero-order valence-electron chi connectivity index (χ0n) is 22.0. The maximum absolute atomic E-state index is 13.6. The molecule has 0 radical (unpaired) electrons. The standard InChI is InChI=1S/C28H25FN8O4/c1-40-23-15-19(35-39)8-9-21(23)33-27(38)36-12-2-3-20(16-36)31-26-30-11-10-22(32-26)25-24(17-4-6-18(29)7-5-17)34-28-37(25)13-14-41-28/h4-11,13-15,20H,2-3,12,16H2,1H3,(H,33,38)(H,30,31,32)/t20-/m1/s1. The van der Waals surface area contributed by atoms with Gasteiger partial charge >= 0.3 is 11.9 Å². The van der Waals surface area contributed by atoms with Gasteiger partial charge in [-0.15, -0.1) is 4.91 Å². The molecule has 0 spiro atoms. The number of rotatable bonds is 7. The smallest absolute Gasteiger partial charge is 0.322 e. The van der Waals surface area contributed by atoms with Gasteiger partial charge in [-0.05, 0) is 60.5 Å². The lowest BCUT2D eigenvalue weighted by Crippen LogP contribution is -2.47. The number of fused-ring (bicyclic) bond motifs is 1. The summed E-state index contributed by atoms with van der Waals surface area (Å²) in [6.07, 6.45) is 6.53. The van der Waals surface area contributed by atoms with Crippen molar-refractivity contribution in [2.75, 3.05) is 30.8 Å². The first-order chi connectivity index (χ1) is 20.0. The zero-order chi connectivity index (χ0) is 28.3. The zero-order valence-corrected chi connectivity index (χ0v) is 22.0. The van der Waals surface area contributed by atoms with Gasteiger partial charge in [0, 0.05) is 43.2 Å². The van der Waals surface area contributed by atoms with E-state index in [0.29, 0.717) is 53.4 Å². The normalized spacial score (nSPS) is 15.1. The Labute approximate surface area is 233 Å². The van der Waals surface area contributed by atoms with Crippen LogP contribution in [0, 0.1) is 10.7 Å². The number of hydrogen-bond donors (Lipinski definition) is 2. The number of benzene rings is 2. The Morgan fingerprint density at radius 3 is 2.83 bits per heavy atom. The van der Waals surface area contributed by atoms with Gasteiger partial charge in [-0.1, -0.05) is 0 Å². The van der Waals surface area contributed by atoms with Crippen molar-refractivity contribution in [2.45, 2.75) is 18.9 Å². The number of piperidine rings is 1. The number of carbonyl (C=O) groups is 1. The molecule has 12 nitrogen and oxygen atoms in total. The first-order valence-electron chi connectivity index (χ1n) is 12.9. The van der Waals surface area contributed by atoms with Crippen molar-refractivity contribution >= 4 is 29.2 Å². The Kier molecular flexibility index (Phi) is 6.98. The molecule has 2 N–H and O–H groups in total. The molecule has 0 bridgehead atoms. The number of anilines is 2. The van der Waals surface area contributed by atoms with Gasteiger partial charge in [-0.3, -0.25) is 4.40 Å². The van der Waals surface area contributed by atoms with Crippen LogP contribution in [-0.4, -0.2) is 56.5 Å². The molecular weight excluding hydrogens is 531 g/mol. The van der Waals surface area contributed by atoms with Gasteiger partial charge in [0.15, 0.2) is 0 Å². The molecule has 1 fully saturated rings. The molecule has 0 unspecified atom stereocenters. The fourth-order valence-corrected chi connectivity index (χ4v) is 4.90. The van der Waals surface area contributed by atoms with E-state index < -0.39 is 0 Å². The molecule has 1 aliphatic rings. The average Bonchev–Trinajstić information content (AvgIpc) is 3.60. The molecule has 4 heterocycles. The molecule has 2 amide bonds. The number of aromatic nitrogens is 4. The molecule has 13 heteroatoms. The molecule has 2 aromatic carbocycles. The van der Waals surface area contributed by atoms with E-state index in [9.17, 15) is 14.1 Å². The lowest BCUT2D eigenvalue weighted by molar-refractivity contribution is 0.195. The van der Waals surface area contributed by atoms with Crippen LogP contribution in [0.25, 0.3) is 28.5 Å². The third-order valence-electron chi connectivity index (χ3n) is 6.85. The van der Waals surface area contributed by atoms with Gasteiger partial charge in [0.1, 0.15) is 34.9 Å². The van der Waals surface area contributed by atoms with Crippen LogP contribution >= 0.6 is 0 Å². The summed E-state index contributed by atoms with van der Waals surface area (Å²) in [5.74, 6) is 0.792. The van der Waals surface area contributed by atoms with Gasteiger partial charge in [0.2, 0.25) is 5.95 Å². The quantitative estimate of drug-likeness (QED) is 0.243. The summed E-state index contributed by atoms with van der Waals surface area (Å²) < 4.78 is 26.2. The first kappa shape index (κ1) is 25.9. The average molecular weight is 557 g/mol. The van der Waals surface area contributed by atoms with Crippen molar-refractivity contribution < 1.29 is 18.3 Å². The predicted octanol–water partition coefficient (Wildman–Crippen LogP) is 5.71. The molecule has 5 aromatic rings. The van der Waals surface area contributed by atoms with Crippen LogP contribution in [0.1, 0.15) is 12.8 Å². The number of hydrogen-bond acceptors (Lipinski definition) is 9. The fraction of sp³-hybridized carbons (Fsp3) is 0.214. The van der Waals surface area contributed by atoms with Crippen LogP contribution in [-0.2, 0) is 0 Å². The van der Waals surface area contributed by atoms with Crippen molar-refractivity contribution in [3.8, 4) is 28.4 Å². The number of methoxy groups -OCH3 is 1. The second kappa shape index (κ2) is 11.0. The molecule has 0 aliphatic carbocycles. The summed E-state index contributed by atoms with van der Waals surface area (Å²) in [6.45, 7) is 1.01. The van der Waals surface area contributed by atoms with Crippen molar-refractivity contribution in [3.63, 3.8) is 0 Å². The lowest BCUT2D eigenvalue weighted by Gasteiger charge is -2.33. The topological polar surface area (TPSA) is 139 Å². The number of ether oxygens (including phenoxy) is 1. The van der Waals surface area contributed by atoms with Gasteiger partial charge in [0.05, 0.1) is 18.5 Å². The second-order valence-corrected chi connectivity index (χ2v) is 9.47. The molecule has 41 heavy (non-hydrogen) atoms. The highest BCUT2D eigenvalue weighted by atomic mass is 19.1. The number of nitrogens with one attached hydrogen (secondary N) is 2. The van der Waals surface area contributed by atoms with E-state index in [1.54, 1.807) is 46.0 Å². The molecule has 208 valence electrons. The van der Waals surface area contributed by atoms with E-state index in [1.165, 1.54) is 37.6 Å². The van der Waals surface area contributed by atoms with Gasteiger partial charge < -0.3 is 24.7 Å². The largest absolute Gasteiger partial charge is 0.494 e. The third-order valence-corrected chi connectivity index (χ3v) is 6.85. The molecule has 0 saturated carbocycles. The van der Waals surface area contributed by atoms with Crippen molar-refractivity contribution in [1.29, 1.82) is 0 Å². The molecular formula is C28H25FN8O4. The number of carbonyl (C=O) groups excluding carboxylic acids is 1. The van der Waals surface area contributed by atoms with Crippen LogP contribution in [0.15, 0.2) is 76.8 Å². The van der Waals surface area contributed by atoms with Crippen LogP contribution in [0.4, 0.5) is 26.5 Å². The molecule has 1 atom stereocenters. The third kappa shape index (κ3) is 5.29. The van der Waals surface area contributed by atoms with E-state index in [1.807, 2.05) is 0 Å². The van der Waals surface area contributed by atoms with E-state index in [2.05, 4.69) is 25.8 Å². The van der Waals surface area contributed by atoms with Gasteiger partial charge in [0.25, 0.3) is 0 Å². The SMILES string of the molecule is COc1cc(N=O)ccc1NC(=O)N1CCC[C@@H](Nc2nccc(-c3c(-c4ccc(F)cc4)nc4occn34)n2)C1. The number of imidazole rings is 1. The van der Waals surface area contributed by atoms with E-state index in [-0.39, 0.29) is 23.6 Å². The monoisotopic (exact) mass is 556 g/mol. The van der Waals surface area contributed by atoms with Crippen LogP contribution in [0.5, 0.6) is 5.75 Å². The Morgan fingerprint density at radius 2 is 2.02 bits per heavy atom. The van der Waals surface area contributed by atoms with Crippen molar-refractivity contribution in [1.82, 2.24) is 24.3 Å². The van der Waals surface area contributed by atoms with Crippen molar-refractivity contribution in [2.24, 2.45) is 5.18 Å². The van der Waals surface area contributed by atoms with Crippen LogP contribution < -0.4 is 15.4 Å².